The number of nitrogens with one attached hydrogen (secondary N) is 1. The summed E-state index contributed by atoms with van der Waals surface area (Å²) in [5.41, 5.74) is 7.63. The third-order valence-corrected chi connectivity index (χ3v) is 4.39. The van der Waals surface area contributed by atoms with Crippen LogP contribution in [-0.2, 0) is 0 Å². The predicted molar refractivity (Wildman–Crippen MR) is 79.5 cm³/mol. The fourth-order valence-electron chi connectivity index (χ4n) is 3.38. The number of nitrogens with zero attached hydrogens (tertiary/aromatic N) is 4. The molecule has 20 heavy (non-hydrogen) atoms. The van der Waals surface area contributed by atoms with Gasteiger partial charge in [-0.15, -0.1) is 0 Å². The van der Waals surface area contributed by atoms with Crippen molar-refractivity contribution in [3.63, 3.8) is 0 Å². The highest BCUT2D eigenvalue weighted by molar-refractivity contribution is 5.82. The molecule has 3 rings (SSSR count). The lowest BCUT2D eigenvalue weighted by Crippen LogP contribution is -2.45. The molecule has 1 fully saturated rings. The minimum Gasteiger partial charge on any atom is -0.352 e. The number of nitrogens with two attached hydrogens (primary N) is 1. The highest BCUT2D eigenvalue weighted by atomic mass is 15.2. The molecule has 0 spiro atoms. The Balaban J connectivity index is 1.98. The third kappa shape index (κ3) is 2.24. The molecule has 0 bridgehead atoms. The number of hydrogen-bond donors (Lipinski definition) is 2. The second kappa shape index (κ2) is 5.75. The molecule has 108 valence electrons. The van der Waals surface area contributed by atoms with Crippen molar-refractivity contribution in [3.8, 4) is 0 Å². The van der Waals surface area contributed by atoms with E-state index < -0.39 is 0 Å². The minimum atomic E-state index is 0.472. The molecular weight excluding hydrogens is 252 g/mol. The number of aromatic nitrogens is 4. The van der Waals surface area contributed by atoms with Crippen LogP contribution in [0.15, 0.2) is 12.7 Å². The number of fused-ring (bicyclic) bond motifs is 1. The van der Waals surface area contributed by atoms with Crippen LogP contribution in [0.1, 0.15) is 32.6 Å². The molecule has 2 unspecified atom stereocenters. The predicted octanol–water partition coefficient (Wildman–Crippen LogP) is 1.70. The van der Waals surface area contributed by atoms with E-state index in [1.165, 1.54) is 25.7 Å². The van der Waals surface area contributed by atoms with Gasteiger partial charge in [0.1, 0.15) is 11.8 Å². The molecule has 0 radical (unpaired) electrons. The maximum absolute atomic E-state index is 5.98. The van der Waals surface area contributed by atoms with E-state index in [1.807, 2.05) is 0 Å². The second-order valence-electron chi connectivity index (χ2n) is 5.43. The summed E-state index contributed by atoms with van der Waals surface area (Å²) in [4.78, 5) is 18.5. The molecule has 3 N–H and O–H groups in total. The average molecular weight is 274 g/mol. The molecule has 2 heterocycles. The molecule has 1 aliphatic rings. The van der Waals surface area contributed by atoms with Gasteiger partial charge in [-0.05, 0) is 32.2 Å². The molecule has 0 aromatic carbocycles. The van der Waals surface area contributed by atoms with Gasteiger partial charge in [0.15, 0.2) is 11.5 Å². The van der Waals surface area contributed by atoms with Crippen LogP contribution in [0, 0.1) is 5.92 Å². The van der Waals surface area contributed by atoms with Gasteiger partial charge in [0.25, 0.3) is 0 Å². The highest BCUT2D eigenvalue weighted by Crippen LogP contribution is 2.32. The average Bonchev–Trinajstić information content (AvgIpc) is 2.98. The molecule has 2 aromatic rings. The number of H-pyrrole nitrogens is 1. The summed E-state index contributed by atoms with van der Waals surface area (Å²) in [6.07, 6.45) is 8.25. The van der Waals surface area contributed by atoms with E-state index in [4.69, 9.17) is 5.73 Å². The van der Waals surface area contributed by atoms with E-state index in [0.29, 0.717) is 12.0 Å². The van der Waals surface area contributed by atoms with Crippen LogP contribution in [0.5, 0.6) is 0 Å². The van der Waals surface area contributed by atoms with Crippen LogP contribution < -0.4 is 10.6 Å². The fourth-order valence-corrected chi connectivity index (χ4v) is 3.38. The van der Waals surface area contributed by atoms with E-state index >= 15 is 0 Å². The molecule has 6 heteroatoms. The zero-order chi connectivity index (χ0) is 13.9. The zero-order valence-corrected chi connectivity index (χ0v) is 11.9. The minimum absolute atomic E-state index is 0.472. The van der Waals surface area contributed by atoms with Gasteiger partial charge >= 0.3 is 0 Å². The number of anilines is 1. The van der Waals surface area contributed by atoms with E-state index in [9.17, 15) is 0 Å². The topological polar surface area (TPSA) is 83.7 Å². The molecule has 0 saturated heterocycles. The van der Waals surface area contributed by atoms with Crippen molar-refractivity contribution < 1.29 is 0 Å². The first kappa shape index (κ1) is 13.3. The third-order valence-electron chi connectivity index (χ3n) is 4.39. The van der Waals surface area contributed by atoms with Crippen molar-refractivity contribution in [3.05, 3.63) is 12.7 Å². The van der Waals surface area contributed by atoms with Crippen molar-refractivity contribution in [2.75, 3.05) is 18.0 Å². The summed E-state index contributed by atoms with van der Waals surface area (Å²) >= 11 is 0. The van der Waals surface area contributed by atoms with Gasteiger partial charge in [0, 0.05) is 12.6 Å². The zero-order valence-electron chi connectivity index (χ0n) is 11.9. The maximum atomic E-state index is 5.98. The fraction of sp³-hybridized carbons (Fsp3) is 0.643. The van der Waals surface area contributed by atoms with Crippen molar-refractivity contribution >= 4 is 17.0 Å². The Morgan fingerprint density at radius 2 is 2.15 bits per heavy atom. The standard InChI is InChI=1S/C14H22N6/c1-2-20(11-6-4-3-5-10(11)7-15)14-12-13(17-8-16-12)18-9-19-14/h8-11H,2-7,15H2,1H3,(H,16,17,18,19). The SMILES string of the molecule is CCN(c1ncnc2nc[nH]c12)C1CCCCC1CN. The molecular formula is C14H22N6. The summed E-state index contributed by atoms with van der Waals surface area (Å²) in [5.74, 6) is 1.51. The lowest BCUT2D eigenvalue weighted by atomic mass is 9.83. The highest BCUT2D eigenvalue weighted by Gasteiger charge is 2.30. The Morgan fingerprint density at radius 1 is 1.30 bits per heavy atom. The van der Waals surface area contributed by atoms with Crippen LogP contribution in [0.4, 0.5) is 5.82 Å². The second-order valence-corrected chi connectivity index (χ2v) is 5.43. The Hall–Kier alpha value is -1.69. The number of aromatic amines is 1. The van der Waals surface area contributed by atoms with Gasteiger partial charge < -0.3 is 15.6 Å². The van der Waals surface area contributed by atoms with Crippen molar-refractivity contribution in [1.29, 1.82) is 0 Å². The first-order chi connectivity index (χ1) is 9.85. The van der Waals surface area contributed by atoms with Gasteiger partial charge in [-0.2, -0.15) is 0 Å². The summed E-state index contributed by atoms with van der Waals surface area (Å²) in [6.45, 7) is 3.84. The summed E-state index contributed by atoms with van der Waals surface area (Å²) < 4.78 is 0. The first-order valence-electron chi connectivity index (χ1n) is 7.46. The van der Waals surface area contributed by atoms with Crippen molar-refractivity contribution in [2.24, 2.45) is 11.7 Å². The Kier molecular flexibility index (Phi) is 3.82. The van der Waals surface area contributed by atoms with Gasteiger partial charge in [0.05, 0.1) is 6.33 Å². The summed E-state index contributed by atoms with van der Waals surface area (Å²) in [5, 5.41) is 0. The molecule has 0 amide bonds. The molecule has 1 saturated carbocycles. The Labute approximate surface area is 118 Å². The van der Waals surface area contributed by atoms with E-state index in [2.05, 4.69) is 31.8 Å². The first-order valence-corrected chi connectivity index (χ1v) is 7.46. The van der Waals surface area contributed by atoms with Crippen LogP contribution >= 0.6 is 0 Å². The van der Waals surface area contributed by atoms with Crippen LogP contribution in [0.2, 0.25) is 0 Å². The quantitative estimate of drug-likeness (QED) is 0.886. The molecule has 0 aliphatic heterocycles. The Morgan fingerprint density at radius 3 is 2.95 bits per heavy atom. The monoisotopic (exact) mass is 274 g/mol. The van der Waals surface area contributed by atoms with Gasteiger partial charge in [0.2, 0.25) is 0 Å². The lowest BCUT2D eigenvalue weighted by Gasteiger charge is -2.39. The van der Waals surface area contributed by atoms with E-state index in [0.717, 1.165) is 30.1 Å². The number of hydrogen-bond acceptors (Lipinski definition) is 5. The smallest absolute Gasteiger partial charge is 0.182 e. The molecule has 1 aliphatic carbocycles. The molecule has 2 aromatic heterocycles. The van der Waals surface area contributed by atoms with Crippen LogP contribution in [0.25, 0.3) is 11.2 Å². The summed E-state index contributed by atoms with van der Waals surface area (Å²) in [7, 11) is 0. The van der Waals surface area contributed by atoms with E-state index in [-0.39, 0.29) is 0 Å². The Bertz CT molecular complexity index is 566. The molecule has 2 atom stereocenters. The van der Waals surface area contributed by atoms with Crippen molar-refractivity contribution in [2.45, 2.75) is 38.6 Å². The van der Waals surface area contributed by atoms with Crippen LogP contribution in [0.3, 0.4) is 0 Å². The molecule has 6 nitrogen and oxygen atoms in total. The number of rotatable bonds is 4. The summed E-state index contributed by atoms with van der Waals surface area (Å²) in [6, 6.07) is 0.472. The normalized spacial score (nSPS) is 23.1. The van der Waals surface area contributed by atoms with Gasteiger partial charge in [-0.25, -0.2) is 15.0 Å². The largest absolute Gasteiger partial charge is 0.352 e. The van der Waals surface area contributed by atoms with Gasteiger partial charge in [-0.3, -0.25) is 0 Å². The lowest BCUT2D eigenvalue weighted by molar-refractivity contribution is 0.300. The van der Waals surface area contributed by atoms with Crippen molar-refractivity contribution in [1.82, 2.24) is 19.9 Å². The van der Waals surface area contributed by atoms with E-state index in [1.54, 1.807) is 12.7 Å². The maximum Gasteiger partial charge on any atom is 0.182 e. The number of imidazole rings is 1. The van der Waals surface area contributed by atoms with Gasteiger partial charge in [-0.1, -0.05) is 12.8 Å². The van der Waals surface area contributed by atoms with Crippen LogP contribution in [-0.4, -0.2) is 39.1 Å².